The molecule has 0 N–H and O–H groups in total. The van der Waals surface area contributed by atoms with E-state index in [1.165, 1.54) is 6.47 Å². The molecule has 0 saturated carbocycles. The van der Waals surface area contributed by atoms with Crippen LogP contribution >= 0.6 is 0 Å². The molecule has 0 spiro atoms. The van der Waals surface area contributed by atoms with Crippen molar-refractivity contribution < 1.29 is 9.53 Å². The van der Waals surface area contributed by atoms with E-state index in [0.29, 0.717) is 5.92 Å². The number of carbonyl (C=O) groups excluding carboxylic acids is 1. The highest BCUT2D eigenvalue weighted by atomic mass is 16.5. The number of rotatable bonds is 5. The summed E-state index contributed by atoms with van der Waals surface area (Å²) in [6.07, 6.45) is 0.993. The molecule has 0 aliphatic rings. The maximum absolute atomic E-state index is 10.0. The highest BCUT2D eigenvalue weighted by Gasteiger charge is 2.28. The SMILES string of the molecule is CC(C)CC(C)(C)C(C)O[C]=O. The van der Waals surface area contributed by atoms with Crippen LogP contribution in [0.1, 0.15) is 41.0 Å². The van der Waals surface area contributed by atoms with Crippen LogP contribution < -0.4 is 0 Å². The Labute approximate surface area is 75.3 Å². The maximum atomic E-state index is 10.0. The van der Waals surface area contributed by atoms with Crippen molar-refractivity contribution in [2.45, 2.75) is 47.1 Å². The first kappa shape index (κ1) is 11.5. The third kappa shape index (κ3) is 3.74. The molecule has 0 aromatic rings. The van der Waals surface area contributed by atoms with E-state index in [4.69, 9.17) is 4.74 Å². The average Bonchev–Trinajstić information content (AvgIpc) is 1.85. The van der Waals surface area contributed by atoms with E-state index in [0.717, 1.165) is 6.42 Å². The fraction of sp³-hybridized carbons (Fsp3) is 0.900. The molecule has 0 aliphatic carbocycles. The monoisotopic (exact) mass is 171 g/mol. The topological polar surface area (TPSA) is 26.3 Å². The molecule has 1 radical (unpaired) electrons. The molecule has 0 saturated heterocycles. The molecule has 0 aliphatic heterocycles. The van der Waals surface area contributed by atoms with E-state index in [1.54, 1.807) is 0 Å². The largest absolute Gasteiger partial charge is 0.454 e. The Kier molecular flexibility index (Phi) is 4.29. The number of hydrogen-bond acceptors (Lipinski definition) is 2. The Bertz CT molecular complexity index is 139. The van der Waals surface area contributed by atoms with Crippen molar-refractivity contribution in [3.63, 3.8) is 0 Å². The van der Waals surface area contributed by atoms with Crippen LogP contribution in [0.5, 0.6) is 0 Å². The summed E-state index contributed by atoms with van der Waals surface area (Å²) in [4.78, 5) is 10.0. The molecule has 0 aromatic carbocycles. The van der Waals surface area contributed by atoms with Gasteiger partial charge in [0, 0.05) is 5.41 Å². The highest BCUT2D eigenvalue weighted by Crippen LogP contribution is 2.30. The summed E-state index contributed by atoms with van der Waals surface area (Å²) >= 11 is 0. The van der Waals surface area contributed by atoms with E-state index in [2.05, 4.69) is 27.7 Å². The van der Waals surface area contributed by atoms with Crippen LogP contribution in [0, 0.1) is 11.3 Å². The van der Waals surface area contributed by atoms with Crippen molar-refractivity contribution in [1.29, 1.82) is 0 Å². The lowest BCUT2D eigenvalue weighted by molar-refractivity contribution is 0.0579. The quantitative estimate of drug-likeness (QED) is 0.635. The molecule has 0 bridgehead atoms. The second-order valence-electron chi connectivity index (χ2n) is 4.43. The Hall–Kier alpha value is -0.530. The third-order valence-corrected chi connectivity index (χ3v) is 2.26. The fourth-order valence-electron chi connectivity index (χ4n) is 1.45. The normalized spacial score (nSPS) is 14.5. The van der Waals surface area contributed by atoms with Gasteiger partial charge in [0.15, 0.2) is 0 Å². The van der Waals surface area contributed by atoms with Crippen LogP contribution in [0.4, 0.5) is 0 Å². The van der Waals surface area contributed by atoms with Crippen LogP contribution in [0.25, 0.3) is 0 Å². The van der Waals surface area contributed by atoms with Crippen molar-refractivity contribution in [1.82, 2.24) is 0 Å². The Balaban J connectivity index is 4.07. The van der Waals surface area contributed by atoms with E-state index < -0.39 is 0 Å². The number of ether oxygens (including phenoxy) is 1. The van der Waals surface area contributed by atoms with Gasteiger partial charge in [0.2, 0.25) is 0 Å². The third-order valence-electron chi connectivity index (χ3n) is 2.26. The maximum Gasteiger partial charge on any atom is 0.417 e. The molecule has 1 atom stereocenters. The Morgan fingerprint density at radius 2 is 1.83 bits per heavy atom. The van der Waals surface area contributed by atoms with Gasteiger partial charge in [-0.2, -0.15) is 0 Å². The van der Waals surface area contributed by atoms with E-state index >= 15 is 0 Å². The first-order valence-electron chi connectivity index (χ1n) is 4.43. The van der Waals surface area contributed by atoms with E-state index in [1.807, 2.05) is 6.92 Å². The molecule has 12 heavy (non-hydrogen) atoms. The first-order chi connectivity index (χ1) is 5.40. The first-order valence-corrected chi connectivity index (χ1v) is 4.43. The summed E-state index contributed by atoms with van der Waals surface area (Å²) in [6, 6.07) is 0. The van der Waals surface area contributed by atoms with Crippen molar-refractivity contribution in [2.75, 3.05) is 0 Å². The molecule has 0 heterocycles. The lowest BCUT2D eigenvalue weighted by atomic mass is 9.80. The molecule has 0 aromatic heterocycles. The van der Waals surface area contributed by atoms with Crippen LogP contribution in [-0.2, 0) is 9.53 Å². The highest BCUT2D eigenvalue weighted by molar-refractivity contribution is 5.38. The van der Waals surface area contributed by atoms with Crippen LogP contribution in [0.15, 0.2) is 0 Å². The minimum absolute atomic E-state index is 0.0472. The average molecular weight is 171 g/mol. The summed E-state index contributed by atoms with van der Waals surface area (Å²) in [5, 5.41) is 0. The number of hydrogen-bond donors (Lipinski definition) is 0. The summed E-state index contributed by atoms with van der Waals surface area (Å²) in [7, 11) is 0. The predicted molar refractivity (Wildman–Crippen MR) is 49.5 cm³/mol. The van der Waals surface area contributed by atoms with Crippen LogP contribution in [0.3, 0.4) is 0 Å². The van der Waals surface area contributed by atoms with Crippen molar-refractivity contribution in [3.05, 3.63) is 0 Å². The summed E-state index contributed by atoms with van der Waals surface area (Å²) in [5.74, 6) is 0.623. The standard InChI is InChI=1S/C10H19O2/c1-8(2)6-10(4,5)9(3)12-7-11/h8-9H,6H2,1-5H3. The molecule has 2 nitrogen and oxygen atoms in total. The molecular formula is C10H19O2. The zero-order chi connectivity index (χ0) is 9.78. The Morgan fingerprint density at radius 3 is 2.17 bits per heavy atom. The lowest BCUT2D eigenvalue weighted by Gasteiger charge is -2.31. The lowest BCUT2D eigenvalue weighted by Crippen LogP contribution is -2.30. The van der Waals surface area contributed by atoms with Gasteiger partial charge in [-0.25, -0.2) is 4.79 Å². The van der Waals surface area contributed by atoms with Crippen molar-refractivity contribution in [3.8, 4) is 0 Å². The predicted octanol–water partition coefficient (Wildman–Crippen LogP) is 2.53. The molecule has 0 amide bonds. The van der Waals surface area contributed by atoms with Gasteiger partial charge in [0.1, 0.15) is 6.10 Å². The minimum atomic E-state index is -0.0580. The molecule has 0 rings (SSSR count). The zero-order valence-electron chi connectivity index (χ0n) is 8.68. The minimum Gasteiger partial charge on any atom is -0.454 e. The van der Waals surface area contributed by atoms with Gasteiger partial charge >= 0.3 is 6.47 Å². The van der Waals surface area contributed by atoms with Gasteiger partial charge in [0.05, 0.1) is 0 Å². The molecule has 71 valence electrons. The van der Waals surface area contributed by atoms with Gasteiger partial charge in [0.25, 0.3) is 0 Å². The van der Waals surface area contributed by atoms with E-state index in [9.17, 15) is 4.79 Å². The second kappa shape index (κ2) is 4.48. The van der Waals surface area contributed by atoms with Gasteiger partial charge in [-0.15, -0.1) is 0 Å². The van der Waals surface area contributed by atoms with Crippen molar-refractivity contribution in [2.24, 2.45) is 11.3 Å². The zero-order valence-corrected chi connectivity index (χ0v) is 8.68. The summed E-state index contributed by atoms with van der Waals surface area (Å²) < 4.78 is 4.80. The van der Waals surface area contributed by atoms with Gasteiger partial charge in [-0.3, -0.25) is 0 Å². The Morgan fingerprint density at radius 1 is 1.33 bits per heavy atom. The molecular weight excluding hydrogens is 152 g/mol. The summed E-state index contributed by atoms with van der Waals surface area (Å²) in [5.41, 5.74) is 0.0472. The fourth-order valence-corrected chi connectivity index (χ4v) is 1.45. The second-order valence-corrected chi connectivity index (χ2v) is 4.43. The molecule has 2 heteroatoms. The molecule has 1 unspecified atom stereocenters. The van der Waals surface area contributed by atoms with Gasteiger partial charge in [-0.05, 0) is 19.3 Å². The van der Waals surface area contributed by atoms with Crippen molar-refractivity contribution >= 4 is 6.47 Å². The van der Waals surface area contributed by atoms with E-state index in [-0.39, 0.29) is 11.5 Å². The smallest absolute Gasteiger partial charge is 0.417 e. The molecule has 0 fully saturated rings. The van der Waals surface area contributed by atoms with Crippen LogP contribution in [-0.4, -0.2) is 12.6 Å². The summed E-state index contributed by atoms with van der Waals surface area (Å²) in [6.45, 7) is 12.0. The van der Waals surface area contributed by atoms with Crippen LogP contribution in [0.2, 0.25) is 0 Å². The van der Waals surface area contributed by atoms with Gasteiger partial charge in [-0.1, -0.05) is 27.7 Å². The van der Waals surface area contributed by atoms with Gasteiger partial charge < -0.3 is 4.74 Å².